The fourth-order valence-corrected chi connectivity index (χ4v) is 2.20. The molecule has 6 heteroatoms. The van der Waals surface area contributed by atoms with E-state index in [1.54, 1.807) is 23.5 Å². The molecule has 2 rings (SSSR count). The van der Waals surface area contributed by atoms with Gasteiger partial charge in [-0.2, -0.15) is 0 Å². The number of nitrogens with two attached hydrogens (primary N) is 1. The lowest BCUT2D eigenvalue weighted by atomic mass is 10.1. The quantitative estimate of drug-likeness (QED) is 0.688. The standard InChI is InChI=1S/C10H8O3S.C4H11NO/c11-9(10(12)13)7-1-2-8-6(5-7)3-4-14-8;1-2-4(5)3-6/h1-5,9,11H,(H,12,13);4,6H,2-3,5H2,1H3. The molecule has 5 N–H and O–H groups in total. The van der Waals surface area contributed by atoms with Gasteiger partial charge in [0.25, 0.3) is 0 Å². The molecule has 1 aromatic carbocycles. The van der Waals surface area contributed by atoms with Gasteiger partial charge in [-0.3, -0.25) is 0 Å². The Kier molecular flexibility index (Phi) is 6.60. The number of carboxylic acid groups (broad SMARTS) is 1. The maximum absolute atomic E-state index is 10.5. The molecule has 2 unspecified atom stereocenters. The first-order valence-corrected chi connectivity index (χ1v) is 7.12. The van der Waals surface area contributed by atoms with Crippen LogP contribution in [0, 0.1) is 0 Å². The first-order chi connectivity index (χ1) is 9.49. The monoisotopic (exact) mass is 297 g/mol. The summed E-state index contributed by atoms with van der Waals surface area (Å²) in [5, 5.41) is 29.0. The van der Waals surface area contributed by atoms with Gasteiger partial charge in [-0.1, -0.05) is 13.0 Å². The normalized spacial score (nSPS) is 13.4. The van der Waals surface area contributed by atoms with Crippen molar-refractivity contribution in [2.24, 2.45) is 5.73 Å². The van der Waals surface area contributed by atoms with Crippen molar-refractivity contribution in [3.05, 3.63) is 35.2 Å². The van der Waals surface area contributed by atoms with Gasteiger partial charge in [-0.05, 0) is 40.9 Å². The molecule has 20 heavy (non-hydrogen) atoms. The Balaban J connectivity index is 0.000000286. The third-order valence-electron chi connectivity index (χ3n) is 2.78. The SMILES string of the molecule is CCC(N)CO.O=C(O)C(O)c1ccc2sccc2c1. The lowest BCUT2D eigenvalue weighted by molar-refractivity contribution is -0.146. The summed E-state index contributed by atoms with van der Waals surface area (Å²) < 4.78 is 1.09. The van der Waals surface area contributed by atoms with Crippen molar-refractivity contribution >= 4 is 27.4 Å². The molecule has 5 nitrogen and oxygen atoms in total. The zero-order valence-corrected chi connectivity index (χ0v) is 12.0. The number of hydrogen-bond donors (Lipinski definition) is 4. The van der Waals surface area contributed by atoms with Gasteiger partial charge in [0.2, 0.25) is 0 Å². The largest absolute Gasteiger partial charge is 0.479 e. The summed E-state index contributed by atoms with van der Waals surface area (Å²) in [6.07, 6.45) is -0.574. The van der Waals surface area contributed by atoms with Crippen LogP contribution in [-0.2, 0) is 4.79 Å². The van der Waals surface area contributed by atoms with Crippen LogP contribution in [0.1, 0.15) is 25.0 Å². The van der Waals surface area contributed by atoms with Crippen molar-refractivity contribution in [3.8, 4) is 0 Å². The molecule has 110 valence electrons. The van der Waals surface area contributed by atoms with Crippen LogP contribution in [0.2, 0.25) is 0 Å². The minimum Gasteiger partial charge on any atom is -0.479 e. The number of aliphatic hydroxyl groups excluding tert-OH is 2. The summed E-state index contributed by atoms with van der Waals surface area (Å²) in [6.45, 7) is 2.05. The summed E-state index contributed by atoms with van der Waals surface area (Å²) in [5.41, 5.74) is 5.64. The number of thiophene rings is 1. The maximum atomic E-state index is 10.5. The number of hydrogen-bond acceptors (Lipinski definition) is 5. The van der Waals surface area contributed by atoms with Crippen molar-refractivity contribution in [1.82, 2.24) is 0 Å². The minimum absolute atomic E-state index is 0.00926. The molecular formula is C14H19NO4S. The van der Waals surface area contributed by atoms with Crippen molar-refractivity contribution < 1.29 is 20.1 Å². The number of fused-ring (bicyclic) bond motifs is 1. The van der Waals surface area contributed by atoms with Gasteiger partial charge in [0.05, 0.1) is 6.61 Å². The van der Waals surface area contributed by atoms with E-state index in [0.717, 1.165) is 16.5 Å². The highest BCUT2D eigenvalue weighted by Gasteiger charge is 2.15. The number of carboxylic acids is 1. The predicted octanol–water partition coefficient (Wildman–Crippen LogP) is 1.74. The van der Waals surface area contributed by atoms with E-state index in [2.05, 4.69) is 0 Å². The lowest BCUT2D eigenvalue weighted by Gasteiger charge is -2.04. The zero-order valence-electron chi connectivity index (χ0n) is 11.2. The molecular weight excluding hydrogens is 278 g/mol. The molecule has 0 aliphatic carbocycles. The average Bonchev–Trinajstić information content (AvgIpc) is 2.93. The van der Waals surface area contributed by atoms with E-state index in [1.807, 2.05) is 24.4 Å². The molecule has 0 aliphatic heterocycles. The molecule has 1 heterocycles. The van der Waals surface area contributed by atoms with Crippen LogP contribution in [-0.4, -0.2) is 33.9 Å². The van der Waals surface area contributed by atoms with Crippen LogP contribution in [0.4, 0.5) is 0 Å². The second-order valence-corrected chi connectivity index (χ2v) is 5.26. The van der Waals surface area contributed by atoms with Gasteiger partial charge < -0.3 is 21.1 Å². The van der Waals surface area contributed by atoms with Gasteiger partial charge in [-0.25, -0.2) is 4.79 Å². The fraction of sp³-hybridized carbons (Fsp3) is 0.357. The maximum Gasteiger partial charge on any atom is 0.337 e. The smallest absolute Gasteiger partial charge is 0.337 e. The second kappa shape index (κ2) is 7.96. The van der Waals surface area contributed by atoms with E-state index in [9.17, 15) is 9.90 Å². The number of carbonyl (C=O) groups is 1. The van der Waals surface area contributed by atoms with E-state index in [0.29, 0.717) is 5.56 Å². The molecule has 0 saturated heterocycles. The first kappa shape index (κ1) is 16.6. The third kappa shape index (κ3) is 4.57. The van der Waals surface area contributed by atoms with Crippen molar-refractivity contribution in [1.29, 1.82) is 0 Å². The average molecular weight is 297 g/mol. The van der Waals surface area contributed by atoms with Gasteiger partial charge in [0.15, 0.2) is 6.10 Å². The molecule has 2 atom stereocenters. The Hall–Kier alpha value is -1.47. The highest BCUT2D eigenvalue weighted by atomic mass is 32.1. The number of aliphatic hydroxyl groups is 2. The summed E-state index contributed by atoms with van der Waals surface area (Å²) in [7, 11) is 0. The second-order valence-electron chi connectivity index (χ2n) is 4.31. The number of benzene rings is 1. The van der Waals surface area contributed by atoms with Gasteiger partial charge in [0.1, 0.15) is 0 Å². The molecule has 0 radical (unpaired) electrons. The zero-order chi connectivity index (χ0) is 15.1. The molecule has 0 fully saturated rings. The molecule has 2 aromatic rings. The number of aliphatic carboxylic acids is 1. The predicted molar refractivity (Wildman–Crippen MR) is 79.8 cm³/mol. The molecule has 0 bridgehead atoms. The summed E-state index contributed by atoms with van der Waals surface area (Å²) >= 11 is 1.59. The molecule has 0 spiro atoms. The Bertz CT molecular complexity index is 551. The van der Waals surface area contributed by atoms with Crippen LogP contribution in [0.15, 0.2) is 29.6 Å². The van der Waals surface area contributed by atoms with Crippen molar-refractivity contribution in [2.75, 3.05) is 6.61 Å². The third-order valence-corrected chi connectivity index (χ3v) is 3.68. The summed E-state index contributed by atoms with van der Waals surface area (Å²) in [4.78, 5) is 10.5. The molecule has 1 aromatic heterocycles. The van der Waals surface area contributed by atoms with Crippen molar-refractivity contribution in [3.63, 3.8) is 0 Å². The van der Waals surface area contributed by atoms with Crippen LogP contribution < -0.4 is 5.73 Å². The van der Waals surface area contributed by atoms with Crippen molar-refractivity contribution in [2.45, 2.75) is 25.5 Å². The van der Waals surface area contributed by atoms with Crippen LogP contribution in [0.3, 0.4) is 0 Å². The topological polar surface area (TPSA) is 104 Å². The van der Waals surface area contributed by atoms with E-state index in [4.69, 9.17) is 15.9 Å². The Labute approximate surface area is 121 Å². The highest BCUT2D eigenvalue weighted by molar-refractivity contribution is 7.17. The first-order valence-electron chi connectivity index (χ1n) is 6.24. The number of rotatable bonds is 4. The lowest BCUT2D eigenvalue weighted by Crippen LogP contribution is -2.22. The Morgan fingerprint density at radius 2 is 2.10 bits per heavy atom. The van der Waals surface area contributed by atoms with Gasteiger partial charge >= 0.3 is 5.97 Å². The Morgan fingerprint density at radius 1 is 1.40 bits per heavy atom. The van der Waals surface area contributed by atoms with E-state index in [-0.39, 0.29) is 12.6 Å². The van der Waals surface area contributed by atoms with Gasteiger partial charge in [-0.15, -0.1) is 11.3 Å². The molecule has 0 saturated carbocycles. The van der Waals surface area contributed by atoms with E-state index in [1.165, 1.54) is 0 Å². The molecule has 0 aliphatic rings. The Morgan fingerprint density at radius 3 is 2.60 bits per heavy atom. The van der Waals surface area contributed by atoms with E-state index < -0.39 is 12.1 Å². The molecule has 0 amide bonds. The fourth-order valence-electron chi connectivity index (χ4n) is 1.43. The van der Waals surface area contributed by atoms with Crippen LogP contribution >= 0.6 is 11.3 Å². The van der Waals surface area contributed by atoms with Gasteiger partial charge in [0, 0.05) is 10.7 Å². The van der Waals surface area contributed by atoms with E-state index >= 15 is 0 Å². The summed E-state index contributed by atoms with van der Waals surface area (Å²) in [6, 6.07) is 7.05. The van der Waals surface area contributed by atoms with Crippen LogP contribution in [0.25, 0.3) is 10.1 Å². The minimum atomic E-state index is -1.43. The summed E-state index contributed by atoms with van der Waals surface area (Å²) in [5.74, 6) is -1.22. The highest BCUT2D eigenvalue weighted by Crippen LogP contribution is 2.24. The van der Waals surface area contributed by atoms with Crippen LogP contribution in [0.5, 0.6) is 0 Å².